The summed E-state index contributed by atoms with van der Waals surface area (Å²) in [5, 5.41) is 11.2. The summed E-state index contributed by atoms with van der Waals surface area (Å²) in [6.07, 6.45) is 0.824. The molecule has 1 atom stereocenters. The first-order valence-corrected chi connectivity index (χ1v) is 8.93. The molecule has 0 saturated carbocycles. The monoisotopic (exact) mass is 340 g/mol. The molecule has 0 radical (unpaired) electrons. The zero-order valence-corrected chi connectivity index (χ0v) is 14.1. The summed E-state index contributed by atoms with van der Waals surface area (Å²) in [5.74, 6) is 0.552. The molecule has 2 aromatic carbocycles. The fourth-order valence-corrected chi connectivity index (χ4v) is 4.49. The van der Waals surface area contributed by atoms with E-state index in [0.29, 0.717) is 12.3 Å². The van der Waals surface area contributed by atoms with Crippen molar-refractivity contribution in [3.8, 4) is 0 Å². The first-order chi connectivity index (χ1) is 11.2. The van der Waals surface area contributed by atoms with E-state index in [1.54, 1.807) is 0 Å². The predicted octanol–water partition coefficient (Wildman–Crippen LogP) is 3.49. The van der Waals surface area contributed by atoms with E-state index in [4.69, 9.17) is 17.2 Å². The first-order valence-electron chi connectivity index (χ1n) is 7.53. The molecule has 0 aromatic heterocycles. The summed E-state index contributed by atoms with van der Waals surface area (Å²) in [6.45, 7) is 0.561. The molecule has 0 aliphatic carbocycles. The molecular formula is C18H16N2OS2. The molecule has 1 unspecified atom stereocenters. The van der Waals surface area contributed by atoms with Gasteiger partial charge in [0.15, 0.2) is 5.72 Å². The lowest BCUT2D eigenvalue weighted by Crippen LogP contribution is -2.47. The van der Waals surface area contributed by atoms with E-state index >= 15 is 0 Å². The van der Waals surface area contributed by atoms with Crippen LogP contribution in [0.4, 0.5) is 5.69 Å². The molecule has 1 fully saturated rings. The predicted molar refractivity (Wildman–Crippen MR) is 99.3 cm³/mol. The van der Waals surface area contributed by atoms with Crippen LogP contribution in [-0.4, -0.2) is 32.3 Å². The quantitative estimate of drug-likeness (QED) is 0.868. The van der Waals surface area contributed by atoms with Crippen LogP contribution < -0.4 is 0 Å². The van der Waals surface area contributed by atoms with E-state index in [2.05, 4.69) is 6.07 Å². The topological polar surface area (TPSA) is 35.8 Å². The molecule has 2 aromatic rings. The summed E-state index contributed by atoms with van der Waals surface area (Å²) in [5.41, 5.74) is 3.14. The average Bonchev–Trinajstić information content (AvgIpc) is 3.12. The summed E-state index contributed by atoms with van der Waals surface area (Å²) >= 11 is 7.01. The van der Waals surface area contributed by atoms with E-state index in [1.807, 2.05) is 53.4 Å². The van der Waals surface area contributed by atoms with E-state index in [1.165, 1.54) is 17.3 Å². The lowest BCUT2D eigenvalue weighted by Gasteiger charge is -2.34. The SMILES string of the molecule is OC1(c2ccccc2)CSC(=S)N1CC1=Nc2ccccc2C1. The van der Waals surface area contributed by atoms with Crippen molar-refractivity contribution in [3.05, 3.63) is 65.7 Å². The molecule has 2 heterocycles. The van der Waals surface area contributed by atoms with Gasteiger partial charge in [0.05, 0.1) is 18.0 Å². The fraction of sp³-hybridized carbons (Fsp3) is 0.222. The van der Waals surface area contributed by atoms with Gasteiger partial charge in [0.2, 0.25) is 0 Å². The van der Waals surface area contributed by atoms with Crippen LogP contribution in [0.3, 0.4) is 0 Å². The molecule has 3 nitrogen and oxygen atoms in total. The Kier molecular flexibility index (Phi) is 3.71. The van der Waals surface area contributed by atoms with E-state index in [-0.39, 0.29) is 0 Å². The summed E-state index contributed by atoms with van der Waals surface area (Å²) in [6, 6.07) is 17.9. The van der Waals surface area contributed by atoms with Crippen LogP contribution in [0.1, 0.15) is 11.1 Å². The highest BCUT2D eigenvalue weighted by atomic mass is 32.2. The number of thiocarbonyl (C=S) groups is 1. The van der Waals surface area contributed by atoms with Gasteiger partial charge in [-0.05, 0) is 11.6 Å². The van der Waals surface area contributed by atoms with Crippen LogP contribution in [-0.2, 0) is 12.1 Å². The number of aliphatic imine (C=N–C) groups is 1. The third-order valence-electron chi connectivity index (χ3n) is 4.31. The Morgan fingerprint density at radius 2 is 1.87 bits per heavy atom. The lowest BCUT2D eigenvalue weighted by atomic mass is 10.0. The maximum atomic E-state index is 11.2. The minimum Gasteiger partial charge on any atom is -0.366 e. The highest BCUT2D eigenvalue weighted by molar-refractivity contribution is 8.23. The Bertz CT molecular complexity index is 791. The van der Waals surface area contributed by atoms with E-state index in [9.17, 15) is 5.11 Å². The van der Waals surface area contributed by atoms with Crippen molar-refractivity contribution < 1.29 is 5.11 Å². The Balaban J connectivity index is 1.62. The van der Waals surface area contributed by atoms with Crippen LogP contribution in [0, 0.1) is 0 Å². The van der Waals surface area contributed by atoms with Gasteiger partial charge in [-0.15, -0.1) is 0 Å². The number of para-hydroxylation sites is 1. The van der Waals surface area contributed by atoms with Gasteiger partial charge < -0.3 is 10.0 Å². The van der Waals surface area contributed by atoms with Gasteiger partial charge in [-0.1, -0.05) is 72.5 Å². The Morgan fingerprint density at radius 3 is 2.65 bits per heavy atom. The average molecular weight is 340 g/mol. The molecule has 23 heavy (non-hydrogen) atoms. The van der Waals surface area contributed by atoms with Crippen molar-refractivity contribution in [2.45, 2.75) is 12.1 Å². The Labute approximate surface area is 145 Å². The lowest BCUT2D eigenvalue weighted by molar-refractivity contribution is -0.0392. The van der Waals surface area contributed by atoms with Gasteiger partial charge in [0.25, 0.3) is 0 Å². The second-order valence-electron chi connectivity index (χ2n) is 5.81. The molecule has 1 saturated heterocycles. The number of nitrogens with zero attached hydrogens (tertiary/aromatic N) is 2. The standard InChI is InChI=1S/C18H16N2OS2/c21-18(14-7-2-1-3-8-14)12-23-17(22)20(18)11-15-10-13-6-4-5-9-16(13)19-15/h1-9,21H,10-12H2. The molecule has 0 bridgehead atoms. The van der Waals surface area contributed by atoms with Crippen molar-refractivity contribution in [2.24, 2.45) is 4.99 Å². The molecule has 5 heteroatoms. The van der Waals surface area contributed by atoms with Crippen molar-refractivity contribution >= 4 is 39.7 Å². The molecule has 2 aliphatic rings. The minimum absolute atomic E-state index is 0.552. The Hall–Kier alpha value is -1.69. The number of thioether (sulfide) groups is 1. The molecule has 0 spiro atoms. The van der Waals surface area contributed by atoms with Crippen LogP contribution >= 0.6 is 24.0 Å². The van der Waals surface area contributed by atoms with E-state index < -0.39 is 5.72 Å². The summed E-state index contributed by atoms with van der Waals surface area (Å²) < 4.78 is 0.731. The number of benzene rings is 2. The van der Waals surface area contributed by atoms with Crippen molar-refractivity contribution in [2.75, 3.05) is 12.3 Å². The number of aliphatic hydroxyl groups is 1. The normalized spacial score (nSPS) is 23.1. The smallest absolute Gasteiger partial charge is 0.175 e. The zero-order chi connectivity index (χ0) is 15.9. The van der Waals surface area contributed by atoms with Crippen LogP contribution in [0.5, 0.6) is 0 Å². The van der Waals surface area contributed by atoms with Gasteiger partial charge in [-0.2, -0.15) is 0 Å². The van der Waals surface area contributed by atoms with Crippen LogP contribution in [0.2, 0.25) is 0 Å². The largest absolute Gasteiger partial charge is 0.366 e. The summed E-state index contributed by atoms with van der Waals surface area (Å²) in [7, 11) is 0. The zero-order valence-electron chi connectivity index (χ0n) is 12.5. The van der Waals surface area contributed by atoms with Crippen LogP contribution in [0.15, 0.2) is 59.6 Å². The molecule has 4 rings (SSSR count). The second-order valence-corrected chi connectivity index (χ2v) is 7.42. The van der Waals surface area contributed by atoms with Crippen molar-refractivity contribution in [3.63, 3.8) is 0 Å². The number of hydrogen-bond acceptors (Lipinski definition) is 4. The molecular weight excluding hydrogens is 324 g/mol. The minimum atomic E-state index is -1.06. The van der Waals surface area contributed by atoms with E-state index in [0.717, 1.165) is 27.7 Å². The first kappa shape index (κ1) is 14.9. The van der Waals surface area contributed by atoms with Gasteiger partial charge in [-0.25, -0.2) is 0 Å². The number of fused-ring (bicyclic) bond motifs is 1. The Morgan fingerprint density at radius 1 is 1.13 bits per heavy atom. The van der Waals surface area contributed by atoms with Gasteiger partial charge >= 0.3 is 0 Å². The number of rotatable bonds is 3. The van der Waals surface area contributed by atoms with Crippen LogP contribution in [0.25, 0.3) is 0 Å². The highest BCUT2D eigenvalue weighted by Gasteiger charge is 2.44. The fourth-order valence-electron chi connectivity index (χ4n) is 3.08. The third kappa shape index (κ3) is 2.59. The molecule has 116 valence electrons. The molecule has 0 amide bonds. The third-order valence-corrected chi connectivity index (χ3v) is 5.89. The van der Waals surface area contributed by atoms with Crippen molar-refractivity contribution in [1.82, 2.24) is 4.90 Å². The summed E-state index contributed by atoms with van der Waals surface area (Å²) in [4.78, 5) is 6.61. The molecule has 2 aliphatic heterocycles. The van der Waals surface area contributed by atoms with Gasteiger partial charge in [0, 0.05) is 17.7 Å². The van der Waals surface area contributed by atoms with Gasteiger partial charge in [-0.3, -0.25) is 4.99 Å². The molecule has 1 N–H and O–H groups in total. The second kappa shape index (κ2) is 5.74. The maximum Gasteiger partial charge on any atom is 0.175 e. The van der Waals surface area contributed by atoms with Crippen molar-refractivity contribution in [1.29, 1.82) is 0 Å². The van der Waals surface area contributed by atoms with Gasteiger partial charge in [0.1, 0.15) is 4.32 Å². The number of hydrogen-bond donors (Lipinski definition) is 1. The highest BCUT2D eigenvalue weighted by Crippen LogP contribution is 2.39. The maximum absolute atomic E-state index is 11.2.